The van der Waals surface area contributed by atoms with Gasteiger partial charge < -0.3 is 10.3 Å². The van der Waals surface area contributed by atoms with Gasteiger partial charge in [0.05, 0.1) is 11.1 Å². The molecule has 0 aromatic heterocycles. The molecule has 6 aliphatic rings. The zero-order valence-electron chi connectivity index (χ0n) is 24.2. The fourth-order valence-corrected chi connectivity index (χ4v) is 6.68. The Morgan fingerprint density at radius 1 is 0.737 bits per heavy atom. The molecule has 6 rings (SSSR count). The van der Waals surface area contributed by atoms with E-state index in [0.29, 0.717) is 11.7 Å². The second-order valence-corrected chi connectivity index (χ2v) is 13.9. The minimum atomic E-state index is -0.651. The minimum Gasteiger partial charge on any atom is -0.757 e. The number of hydroxylamine groups is 2. The van der Waals surface area contributed by atoms with Gasteiger partial charge in [0, 0.05) is 21.9 Å². The first kappa shape index (κ1) is 25.2. The van der Waals surface area contributed by atoms with Gasteiger partial charge in [-0.05, 0) is 94.6 Å². The maximum Gasteiger partial charge on any atom is 0.364 e. The lowest BCUT2D eigenvalue weighted by Gasteiger charge is -2.57. The molecule has 6 heteroatoms. The molecule has 0 bridgehead atoms. The molecule has 2 atom stereocenters. The number of aliphatic imine (C=N–C) groups is 2. The van der Waals surface area contributed by atoms with E-state index in [9.17, 15) is 10.1 Å². The van der Waals surface area contributed by atoms with Crippen LogP contribution in [0.15, 0.2) is 92.0 Å². The second-order valence-electron chi connectivity index (χ2n) is 13.9. The third-order valence-corrected chi connectivity index (χ3v) is 11.1. The van der Waals surface area contributed by atoms with Crippen molar-refractivity contribution in [3.05, 3.63) is 92.2 Å². The van der Waals surface area contributed by atoms with Gasteiger partial charge in [-0.15, -0.1) is 0 Å². The molecule has 0 fully saturated rings. The van der Waals surface area contributed by atoms with E-state index < -0.39 is 27.6 Å². The maximum atomic E-state index is 13.6. The first-order valence-electron chi connectivity index (χ1n) is 13.5. The molecular formula is C32H38N4O2. The number of allylic oxidation sites excluding steroid dienone is 10. The number of hydrogen-bond acceptors (Lipinski definition) is 5. The maximum absolute atomic E-state index is 13.6. The normalized spacial score (nSPS) is 34.8. The molecule has 38 heavy (non-hydrogen) atoms. The van der Waals surface area contributed by atoms with Crippen molar-refractivity contribution < 1.29 is 4.76 Å². The molecule has 6 nitrogen and oxygen atoms in total. The first-order valence-corrected chi connectivity index (χ1v) is 13.5. The van der Waals surface area contributed by atoms with Crippen LogP contribution < -0.4 is 0 Å². The first-order chi connectivity index (χ1) is 17.4. The summed E-state index contributed by atoms with van der Waals surface area (Å²) in [6.45, 7) is 20.5. The van der Waals surface area contributed by atoms with Gasteiger partial charge in [0.1, 0.15) is 5.84 Å². The summed E-state index contributed by atoms with van der Waals surface area (Å²) in [6.07, 6.45) is 17.1. The largest absolute Gasteiger partial charge is 0.757 e. The van der Waals surface area contributed by atoms with Gasteiger partial charge in [-0.3, -0.25) is 4.99 Å². The van der Waals surface area contributed by atoms with Crippen LogP contribution in [0, 0.1) is 20.9 Å². The van der Waals surface area contributed by atoms with E-state index in [2.05, 4.69) is 62.5 Å². The molecule has 0 radical (unpaired) electrons. The second kappa shape index (κ2) is 6.90. The standard InChI is InChI=1S/C32H38N4O2/c1-27(2)29(5,6)35(37)25(33-27)19-17-21-12-11-20-13-15-23(26-34-28(3,4)30(7,8)36(26)38)24-16-14-22(18-19)31(21,9)32(20,24)10/h11-18H,1-10H3/t31-,32-/m0/s1. The van der Waals surface area contributed by atoms with Crippen LogP contribution in [0.25, 0.3) is 0 Å². The van der Waals surface area contributed by atoms with Crippen LogP contribution in [0.4, 0.5) is 0 Å². The number of amidine groups is 2. The monoisotopic (exact) mass is 510 g/mol. The zero-order chi connectivity index (χ0) is 27.8. The third kappa shape index (κ3) is 2.62. The Hall–Kier alpha value is -3.12. The lowest BCUT2D eigenvalue weighted by atomic mass is 9.45. The highest BCUT2D eigenvalue weighted by Gasteiger charge is 2.62. The molecule has 0 spiro atoms. The number of nitroso groups, excluding NO2 is 1. The average molecular weight is 511 g/mol. The smallest absolute Gasteiger partial charge is 0.364 e. The van der Waals surface area contributed by atoms with Gasteiger partial charge in [0.25, 0.3) is 0 Å². The van der Waals surface area contributed by atoms with Gasteiger partial charge in [-0.25, -0.2) is 0 Å². The van der Waals surface area contributed by atoms with Crippen LogP contribution >= 0.6 is 0 Å². The van der Waals surface area contributed by atoms with Crippen LogP contribution in [-0.2, 0) is 0 Å². The molecule has 0 N–H and O–H groups in total. The number of nitrogens with zero attached hydrogens (tertiary/aromatic N) is 4. The van der Waals surface area contributed by atoms with Crippen molar-refractivity contribution in [2.45, 2.75) is 91.4 Å². The van der Waals surface area contributed by atoms with E-state index in [1.807, 2.05) is 55.4 Å². The van der Waals surface area contributed by atoms with E-state index in [4.69, 9.17) is 9.98 Å². The molecule has 2 heterocycles. The van der Waals surface area contributed by atoms with Crippen molar-refractivity contribution in [3.8, 4) is 0 Å². The summed E-state index contributed by atoms with van der Waals surface area (Å²) in [5.41, 5.74) is 3.23. The molecule has 4 aliphatic carbocycles. The van der Waals surface area contributed by atoms with Crippen molar-refractivity contribution in [3.63, 3.8) is 0 Å². The summed E-state index contributed by atoms with van der Waals surface area (Å²) in [4.78, 5) is 23.3. The van der Waals surface area contributed by atoms with Crippen LogP contribution in [0.1, 0.15) is 69.2 Å². The Kier molecular flexibility index (Phi) is 4.57. The van der Waals surface area contributed by atoms with Gasteiger partial charge in [-0.1, -0.05) is 60.2 Å². The van der Waals surface area contributed by atoms with E-state index >= 15 is 0 Å². The summed E-state index contributed by atoms with van der Waals surface area (Å²) < 4.78 is 1.08. The van der Waals surface area contributed by atoms with Crippen LogP contribution in [0.5, 0.6) is 0 Å². The number of rotatable bonds is 2. The quantitative estimate of drug-likeness (QED) is 0.389. The highest BCUT2D eigenvalue weighted by Crippen LogP contribution is 2.66. The summed E-state index contributed by atoms with van der Waals surface area (Å²) in [6, 6.07) is 0. The predicted octanol–water partition coefficient (Wildman–Crippen LogP) is 6.69. The molecule has 198 valence electrons. The molecule has 0 amide bonds. The molecule has 0 unspecified atom stereocenters. The van der Waals surface area contributed by atoms with Gasteiger partial charge >= 0.3 is 5.84 Å². The van der Waals surface area contributed by atoms with Crippen molar-refractivity contribution in [1.29, 1.82) is 0 Å². The zero-order valence-corrected chi connectivity index (χ0v) is 24.2. The average Bonchev–Trinajstić information content (AvgIpc) is 3.09. The Morgan fingerprint density at radius 2 is 1.37 bits per heavy atom. The van der Waals surface area contributed by atoms with Gasteiger partial charge in [0.2, 0.25) is 0 Å². The number of hydrogen-bond donors (Lipinski definition) is 0. The van der Waals surface area contributed by atoms with Crippen LogP contribution in [0.3, 0.4) is 0 Å². The Balaban J connectivity index is 1.53. The Bertz CT molecular complexity index is 1520. The highest BCUT2D eigenvalue weighted by molar-refractivity contribution is 6.06. The fourth-order valence-electron chi connectivity index (χ4n) is 6.68. The van der Waals surface area contributed by atoms with Crippen molar-refractivity contribution >= 4 is 11.7 Å². The highest BCUT2D eigenvalue weighted by atomic mass is 16.5. The van der Waals surface area contributed by atoms with E-state index in [1.54, 1.807) is 0 Å². The molecule has 2 aliphatic heterocycles. The van der Waals surface area contributed by atoms with E-state index in [1.165, 1.54) is 5.57 Å². The predicted molar refractivity (Wildman–Crippen MR) is 154 cm³/mol. The van der Waals surface area contributed by atoms with E-state index in [0.717, 1.165) is 37.7 Å². The Labute approximate surface area is 225 Å². The lowest BCUT2D eigenvalue weighted by Crippen LogP contribution is -2.52. The molecule has 0 aromatic rings. The third-order valence-electron chi connectivity index (χ3n) is 11.1. The molecular weight excluding hydrogens is 472 g/mol. The summed E-state index contributed by atoms with van der Waals surface area (Å²) in [7, 11) is 0. The van der Waals surface area contributed by atoms with E-state index in [-0.39, 0.29) is 5.41 Å². The van der Waals surface area contributed by atoms with Crippen molar-refractivity contribution in [2.24, 2.45) is 20.8 Å². The summed E-state index contributed by atoms with van der Waals surface area (Å²) in [5.74, 6) is 0.989. The van der Waals surface area contributed by atoms with Crippen molar-refractivity contribution in [2.75, 3.05) is 0 Å². The topological polar surface area (TPSA) is 71.1 Å². The summed E-state index contributed by atoms with van der Waals surface area (Å²) in [5, 5.41) is 14.7. The minimum absolute atomic E-state index is 0.378. The fraction of sp³-hybridized carbons (Fsp3) is 0.500. The van der Waals surface area contributed by atoms with Crippen LogP contribution in [0.2, 0.25) is 0 Å². The molecule has 0 saturated heterocycles. The van der Waals surface area contributed by atoms with Gasteiger partial charge in [0.15, 0.2) is 11.1 Å². The Morgan fingerprint density at radius 3 is 1.95 bits per heavy atom. The van der Waals surface area contributed by atoms with Crippen LogP contribution in [-0.4, -0.2) is 43.7 Å². The lowest BCUT2D eigenvalue weighted by molar-refractivity contribution is -0.514. The molecule has 0 aromatic carbocycles. The molecule has 0 saturated carbocycles. The van der Waals surface area contributed by atoms with Crippen molar-refractivity contribution in [1.82, 2.24) is 5.06 Å². The summed E-state index contributed by atoms with van der Waals surface area (Å²) >= 11 is 0. The van der Waals surface area contributed by atoms with Gasteiger partial charge in [-0.2, -0.15) is 0 Å². The SMILES string of the molecule is CC1(C)N=C(C2=CC=C3C=CC4=CC(C5=NC(C)(C)C(C)(C)[N+]5=O)=CC5=CC=C2[C@@]3(C)[C@]54C)N([O-])C1(C)C.